The van der Waals surface area contributed by atoms with Crippen molar-refractivity contribution in [2.24, 2.45) is 5.41 Å². The highest BCUT2D eigenvalue weighted by atomic mass is 16.2. The molecule has 0 aromatic rings. The highest BCUT2D eigenvalue weighted by Gasteiger charge is 2.50. The third-order valence-corrected chi connectivity index (χ3v) is 3.78. The summed E-state index contributed by atoms with van der Waals surface area (Å²) >= 11 is 0. The van der Waals surface area contributed by atoms with Gasteiger partial charge in [-0.1, -0.05) is 13.8 Å². The van der Waals surface area contributed by atoms with Crippen LogP contribution in [-0.4, -0.2) is 36.5 Å². The molecule has 0 saturated heterocycles. The highest BCUT2D eigenvalue weighted by molar-refractivity contribution is 5.88. The van der Waals surface area contributed by atoms with Gasteiger partial charge in [0.25, 0.3) is 0 Å². The number of amides is 1. The van der Waals surface area contributed by atoms with E-state index in [1.807, 2.05) is 6.92 Å². The molecule has 0 aromatic heterocycles. The van der Waals surface area contributed by atoms with Crippen LogP contribution in [0.5, 0.6) is 0 Å². The molecule has 4 heteroatoms. The molecule has 1 unspecified atom stereocenters. The summed E-state index contributed by atoms with van der Waals surface area (Å²) in [6, 6.07) is 2.30. The van der Waals surface area contributed by atoms with Crippen molar-refractivity contribution in [1.82, 2.24) is 10.2 Å². The first kappa shape index (κ1) is 15.0. The van der Waals surface area contributed by atoms with Crippen LogP contribution < -0.4 is 5.32 Å². The van der Waals surface area contributed by atoms with E-state index in [0.717, 1.165) is 45.3 Å². The first-order chi connectivity index (χ1) is 8.57. The summed E-state index contributed by atoms with van der Waals surface area (Å²) in [5.41, 5.74) is -0.687. The summed E-state index contributed by atoms with van der Waals surface area (Å²) in [6.45, 7) is 9.59. The maximum absolute atomic E-state index is 11.8. The Kier molecular flexibility index (Phi) is 5.61. The lowest BCUT2D eigenvalue weighted by atomic mass is 10.1. The molecule has 1 atom stereocenters. The molecule has 1 aliphatic carbocycles. The largest absolute Gasteiger partial charge is 0.352 e. The molecule has 1 rings (SSSR count). The Morgan fingerprint density at radius 2 is 2.06 bits per heavy atom. The molecule has 0 bridgehead atoms. The van der Waals surface area contributed by atoms with Gasteiger partial charge in [0.1, 0.15) is 5.41 Å². The van der Waals surface area contributed by atoms with Crippen LogP contribution in [0.2, 0.25) is 0 Å². The van der Waals surface area contributed by atoms with E-state index in [1.165, 1.54) is 0 Å². The summed E-state index contributed by atoms with van der Waals surface area (Å²) in [4.78, 5) is 14.2. The number of nitriles is 1. The van der Waals surface area contributed by atoms with Crippen molar-refractivity contribution in [3.8, 4) is 6.07 Å². The molecular weight excluding hydrogens is 226 g/mol. The lowest BCUT2D eigenvalue weighted by molar-refractivity contribution is -0.125. The third kappa shape index (κ3) is 3.99. The third-order valence-electron chi connectivity index (χ3n) is 3.78. The summed E-state index contributed by atoms with van der Waals surface area (Å²) in [6.07, 6.45) is 3.51. The molecule has 1 saturated carbocycles. The molecule has 102 valence electrons. The maximum atomic E-state index is 11.8. The molecule has 1 fully saturated rings. The van der Waals surface area contributed by atoms with Crippen molar-refractivity contribution >= 4 is 5.91 Å². The van der Waals surface area contributed by atoms with Crippen LogP contribution >= 0.6 is 0 Å². The van der Waals surface area contributed by atoms with Crippen molar-refractivity contribution in [3.05, 3.63) is 0 Å². The fourth-order valence-electron chi connectivity index (χ4n) is 2.11. The number of carbonyl (C=O) groups is 1. The van der Waals surface area contributed by atoms with E-state index in [0.29, 0.717) is 0 Å². The maximum Gasteiger partial charge on any atom is 0.240 e. The van der Waals surface area contributed by atoms with Crippen molar-refractivity contribution in [1.29, 1.82) is 5.26 Å². The second-order valence-corrected chi connectivity index (χ2v) is 5.24. The summed E-state index contributed by atoms with van der Waals surface area (Å²) in [7, 11) is 0. The number of nitrogens with zero attached hydrogens (tertiary/aromatic N) is 2. The zero-order chi connectivity index (χ0) is 13.6. The molecule has 0 aromatic carbocycles. The molecule has 1 N–H and O–H groups in total. The second-order valence-electron chi connectivity index (χ2n) is 5.24. The number of carbonyl (C=O) groups excluding carboxylic acids is 1. The average molecular weight is 251 g/mol. The zero-order valence-electron chi connectivity index (χ0n) is 11.8. The Hall–Kier alpha value is -1.08. The lowest BCUT2D eigenvalue weighted by Gasteiger charge is -2.20. The fraction of sp³-hybridized carbons (Fsp3) is 0.857. The predicted molar refractivity (Wildman–Crippen MR) is 71.9 cm³/mol. The van der Waals surface area contributed by atoms with Crippen LogP contribution in [0.3, 0.4) is 0 Å². The molecular formula is C14H25N3O. The molecule has 18 heavy (non-hydrogen) atoms. The standard InChI is InChI=1S/C14H25N3O/c1-4-17(5-2)10-6-7-12(3)16-13(18)14(11-15)8-9-14/h12H,4-10H2,1-3H3,(H,16,18). The van der Waals surface area contributed by atoms with E-state index in [-0.39, 0.29) is 11.9 Å². The predicted octanol–water partition coefficient (Wildman–Crippen LogP) is 1.92. The summed E-state index contributed by atoms with van der Waals surface area (Å²) < 4.78 is 0. The summed E-state index contributed by atoms with van der Waals surface area (Å²) in [5.74, 6) is -0.0691. The van der Waals surface area contributed by atoms with E-state index >= 15 is 0 Å². The van der Waals surface area contributed by atoms with Gasteiger partial charge in [-0.05, 0) is 52.2 Å². The van der Waals surface area contributed by atoms with Gasteiger partial charge in [0.15, 0.2) is 0 Å². The van der Waals surface area contributed by atoms with Crippen LogP contribution in [0.4, 0.5) is 0 Å². The Morgan fingerprint density at radius 3 is 2.50 bits per heavy atom. The van der Waals surface area contributed by atoms with E-state index in [2.05, 4.69) is 30.1 Å². The van der Waals surface area contributed by atoms with Crippen molar-refractivity contribution in [3.63, 3.8) is 0 Å². The first-order valence-corrected chi connectivity index (χ1v) is 7.02. The van der Waals surface area contributed by atoms with Gasteiger partial charge >= 0.3 is 0 Å². The average Bonchev–Trinajstić information content (AvgIpc) is 3.15. The molecule has 0 spiro atoms. The van der Waals surface area contributed by atoms with Crippen LogP contribution in [-0.2, 0) is 4.79 Å². The molecule has 0 aliphatic heterocycles. The topological polar surface area (TPSA) is 56.1 Å². The van der Waals surface area contributed by atoms with Gasteiger partial charge in [0.2, 0.25) is 5.91 Å². The Morgan fingerprint density at radius 1 is 1.44 bits per heavy atom. The van der Waals surface area contributed by atoms with Gasteiger partial charge in [0.05, 0.1) is 6.07 Å². The highest BCUT2D eigenvalue weighted by Crippen LogP contribution is 2.45. The SMILES string of the molecule is CCN(CC)CCCC(C)NC(=O)C1(C#N)CC1. The van der Waals surface area contributed by atoms with Gasteiger partial charge in [-0.3, -0.25) is 4.79 Å². The molecule has 1 amide bonds. The van der Waals surface area contributed by atoms with Gasteiger partial charge in [-0.2, -0.15) is 5.26 Å². The molecule has 0 radical (unpaired) electrons. The Balaban J connectivity index is 2.20. The Labute approximate surface area is 110 Å². The van der Waals surface area contributed by atoms with Crippen molar-refractivity contribution in [2.45, 2.75) is 52.5 Å². The minimum atomic E-state index is -0.687. The lowest BCUT2D eigenvalue weighted by Crippen LogP contribution is -2.38. The van der Waals surface area contributed by atoms with Gasteiger partial charge in [-0.15, -0.1) is 0 Å². The van der Waals surface area contributed by atoms with Gasteiger partial charge in [0, 0.05) is 6.04 Å². The van der Waals surface area contributed by atoms with E-state index < -0.39 is 5.41 Å². The number of nitrogens with one attached hydrogen (secondary N) is 1. The minimum absolute atomic E-state index is 0.0691. The van der Waals surface area contributed by atoms with Crippen LogP contribution in [0, 0.1) is 16.7 Å². The summed E-state index contributed by atoms with van der Waals surface area (Å²) in [5, 5.41) is 11.9. The molecule has 4 nitrogen and oxygen atoms in total. The number of hydrogen-bond acceptors (Lipinski definition) is 3. The van der Waals surface area contributed by atoms with Crippen LogP contribution in [0.15, 0.2) is 0 Å². The van der Waals surface area contributed by atoms with Crippen LogP contribution in [0.1, 0.15) is 46.5 Å². The number of rotatable bonds is 8. The van der Waals surface area contributed by atoms with E-state index in [4.69, 9.17) is 5.26 Å². The molecule has 0 heterocycles. The molecule has 1 aliphatic rings. The van der Waals surface area contributed by atoms with Crippen molar-refractivity contribution < 1.29 is 4.79 Å². The normalized spacial score (nSPS) is 18.2. The zero-order valence-corrected chi connectivity index (χ0v) is 11.8. The van der Waals surface area contributed by atoms with E-state index in [1.54, 1.807) is 0 Å². The first-order valence-electron chi connectivity index (χ1n) is 7.02. The smallest absolute Gasteiger partial charge is 0.240 e. The van der Waals surface area contributed by atoms with Gasteiger partial charge in [-0.25, -0.2) is 0 Å². The van der Waals surface area contributed by atoms with Gasteiger partial charge < -0.3 is 10.2 Å². The quantitative estimate of drug-likeness (QED) is 0.717. The monoisotopic (exact) mass is 251 g/mol. The fourth-order valence-corrected chi connectivity index (χ4v) is 2.11. The minimum Gasteiger partial charge on any atom is -0.352 e. The van der Waals surface area contributed by atoms with Crippen LogP contribution in [0.25, 0.3) is 0 Å². The number of hydrogen-bond donors (Lipinski definition) is 1. The Bertz CT molecular complexity index is 313. The van der Waals surface area contributed by atoms with Crippen molar-refractivity contribution in [2.75, 3.05) is 19.6 Å². The second kappa shape index (κ2) is 6.75. The van der Waals surface area contributed by atoms with E-state index in [9.17, 15) is 4.79 Å².